The zero-order chi connectivity index (χ0) is 34.9. The summed E-state index contributed by atoms with van der Waals surface area (Å²) in [6.07, 6.45) is 0.960. The second kappa shape index (κ2) is 19.3. The molecule has 3 N–H and O–H groups in total. The largest absolute Gasteiger partial charge is 0.464 e. The van der Waals surface area contributed by atoms with Gasteiger partial charge in [-0.05, 0) is 96.4 Å². The molecule has 0 heterocycles. The van der Waals surface area contributed by atoms with Crippen LogP contribution in [0.5, 0.6) is 0 Å². The summed E-state index contributed by atoms with van der Waals surface area (Å²) in [6, 6.07) is 3.68. The van der Waals surface area contributed by atoms with Crippen LogP contribution in [0.1, 0.15) is 103 Å². The molecule has 0 aliphatic heterocycles. The van der Waals surface area contributed by atoms with Gasteiger partial charge in [0.15, 0.2) is 0 Å². The van der Waals surface area contributed by atoms with E-state index in [2.05, 4.69) is 26.0 Å². The molecule has 0 radical (unpaired) electrons. The molecule has 14 nitrogen and oxygen atoms in total. The van der Waals surface area contributed by atoms with Crippen molar-refractivity contribution in [1.29, 1.82) is 0 Å². The van der Waals surface area contributed by atoms with Crippen LogP contribution in [-0.4, -0.2) is 66.3 Å². The number of carbonyl (C=O) groups excluding carboxylic acids is 5. The lowest BCUT2D eigenvalue weighted by molar-refractivity contribution is -0.158. The van der Waals surface area contributed by atoms with Crippen molar-refractivity contribution < 1.29 is 38.2 Å². The fourth-order valence-corrected chi connectivity index (χ4v) is 3.89. The average Bonchev–Trinajstić information content (AvgIpc) is 2.94. The summed E-state index contributed by atoms with van der Waals surface area (Å²) in [6.45, 7) is 14.7. The Kier molecular flexibility index (Phi) is 16.6. The minimum atomic E-state index is -1.18. The lowest BCUT2D eigenvalue weighted by atomic mass is 10.1. The maximum absolute atomic E-state index is 13.0. The quantitative estimate of drug-likeness (QED) is 0.0519. The van der Waals surface area contributed by atoms with Crippen LogP contribution in [0.4, 0.5) is 4.79 Å². The van der Waals surface area contributed by atoms with E-state index in [4.69, 9.17) is 19.7 Å². The van der Waals surface area contributed by atoms with E-state index in [1.54, 1.807) is 65.8 Å². The number of benzene rings is 1. The molecule has 0 aromatic heterocycles. The molecule has 0 spiro atoms. The molecule has 0 unspecified atom stereocenters. The predicted octanol–water partition coefficient (Wildman–Crippen LogP) is 5.10. The van der Waals surface area contributed by atoms with E-state index in [0.717, 1.165) is 5.56 Å². The summed E-state index contributed by atoms with van der Waals surface area (Å²) >= 11 is 0. The highest BCUT2D eigenvalue weighted by atomic mass is 16.6. The van der Waals surface area contributed by atoms with Gasteiger partial charge in [-0.2, -0.15) is 0 Å². The van der Waals surface area contributed by atoms with Crippen molar-refractivity contribution in [3.8, 4) is 0 Å². The highest BCUT2D eigenvalue weighted by Crippen LogP contribution is 2.14. The minimum Gasteiger partial charge on any atom is -0.464 e. The second-order valence-corrected chi connectivity index (χ2v) is 13.2. The fraction of sp³-hybridized carbons (Fsp3) is 0.656. The van der Waals surface area contributed by atoms with Crippen molar-refractivity contribution in [2.45, 2.75) is 117 Å². The summed E-state index contributed by atoms with van der Waals surface area (Å²) < 4.78 is 16.1. The molecule has 0 saturated carbocycles. The zero-order valence-corrected chi connectivity index (χ0v) is 28.3. The van der Waals surface area contributed by atoms with Gasteiger partial charge in [0.25, 0.3) is 5.91 Å². The number of ether oxygens (including phenoxy) is 3. The van der Waals surface area contributed by atoms with Gasteiger partial charge in [-0.3, -0.25) is 9.59 Å². The number of rotatable bonds is 17. The molecule has 2 atom stereocenters. The number of amides is 3. The van der Waals surface area contributed by atoms with E-state index in [0.29, 0.717) is 24.9 Å². The first-order valence-electron chi connectivity index (χ1n) is 15.5. The monoisotopic (exact) mass is 646 g/mol. The molecule has 256 valence electrons. The van der Waals surface area contributed by atoms with Gasteiger partial charge in [0.1, 0.15) is 23.3 Å². The first-order chi connectivity index (χ1) is 21.4. The minimum absolute atomic E-state index is 0.0735. The lowest BCUT2D eigenvalue weighted by Crippen LogP contribution is -2.52. The highest BCUT2D eigenvalue weighted by Gasteiger charge is 2.30. The number of urea groups is 1. The van der Waals surface area contributed by atoms with Crippen molar-refractivity contribution in [3.63, 3.8) is 0 Å². The Morgan fingerprint density at radius 2 is 1.43 bits per heavy atom. The van der Waals surface area contributed by atoms with Gasteiger partial charge in [0.05, 0.1) is 13.2 Å². The first-order valence-corrected chi connectivity index (χ1v) is 15.5. The molecule has 0 fully saturated rings. The Balaban J connectivity index is 2.82. The van der Waals surface area contributed by atoms with Crippen LogP contribution in [-0.2, 0) is 35.1 Å². The van der Waals surface area contributed by atoms with Crippen molar-refractivity contribution in [2.24, 2.45) is 11.0 Å². The normalized spacial score (nSPS) is 12.6. The van der Waals surface area contributed by atoms with Crippen molar-refractivity contribution in [2.75, 3.05) is 13.2 Å². The molecule has 0 aliphatic rings. The van der Waals surface area contributed by atoms with Gasteiger partial charge in [0.2, 0.25) is 0 Å². The second-order valence-electron chi connectivity index (χ2n) is 13.2. The number of esters is 3. The Bertz CT molecular complexity index is 1210. The van der Waals surface area contributed by atoms with Crippen molar-refractivity contribution in [1.82, 2.24) is 16.0 Å². The number of azide groups is 1. The van der Waals surface area contributed by atoms with Crippen LogP contribution in [0.2, 0.25) is 0 Å². The van der Waals surface area contributed by atoms with E-state index in [1.807, 2.05) is 13.8 Å². The van der Waals surface area contributed by atoms with Gasteiger partial charge >= 0.3 is 23.9 Å². The predicted molar refractivity (Wildman–Crippen MR) is 171 cm³/mol. The topological polar surface area (TPSA) is 198 Å². The van der Waals surface area contributed by atoms with Gasteiger partial charge in [-0.1, -0.05) is 31.1 Å². The Morgan fingerprint density at radius 3 is 1.98 bits per heavy atom. The standard InChI is InChI=1S/C32H50N6O8/c1-21(2)20-44-28(41)24(11-9-10-18-34-27(40)23-14-12-22(13-15-23)19-35-38-33)36-30(43)37-25(29(42)46-32(6,7)8)16-17-26(39)45-31(3,4)5/h12-15,21,24-25H,9-11,16-20H2,1-8H3,(H,34,40)(H2,36,37,43)/t24-,25-/m0/s1. The molecule has 14 heteroatoms. The molecule has 46 heavy (non-hydrogen) atoms. The highest BCUT2D eigenvalue weighted by molar-refractivity contribution is 5.94. The summed E-state index contributed by atoms with van der Waals surface area (Å²) in [5, 5.41) is 11.4. The summed E-state index contributed by atoms with van der Waals surface area (Å²) in [5.41, 5.74) is 8.11. The number of nitrogens with zero attached hydrogens (tertiary/aromatic N) is 3. The third-order valence-corrected chi connectivity index (χ3v) is 5.94. The van der Waals surface area contributed by atoms with Gasteiger partial charge in [-0.15, -0.1) is 0 Å². The average molecular weight is 647 g/mol. The van der Waals surface area contributed by atoms with E-state index in [9.17, 15) is 24.0 Å². The first kappa shape index (κ1) is 39.7. The van der Waals surface area contributed by atoms with Crippen LogP contribution in [0.15, 0.2) is 29.4 Å². The lowest BCUT2D eigenvalue weighted by Gasteiger charge is -2.26. The van der Waals surface area contributed by atoms with Crippen LogP contribution < -0.4 is 16.0 Å². The fourth-order valence-electron chi connectivity index (χ4n) is 3.89. The number of carbonyl (C=O) groups is 5. The van der Waals surface area contributed by atoms with Crippen LogP contribution in [0.3, 0.4) is 0 Å². The maximum atomic E-state index is 13.0. The van der Waals surface area contributed by atoms with E-state index < -0.39 is 47.2 Å². The van der Waals surface area contributed by atoms with Crippen LogP contribution in [0, 0.1) is 5.92 Å². The molecule has 1 aromatic carbocycles. The Hall–Kier alpha value is -4.32. The van der Waals surface area contributed by atoms with Gasteiger partial charge in [0, 0.05) is 23.4 Å². The van der Waals surface area contributed by atoms with Crippen molar-refractivity contribution >= 4 is 29.8 Å². The number of hydrogen-bond acceptors (Lipinski definition) is 9. The van der Waals surface area contributed by atoms with Crippen LogP contribution in [0.25, 0.3) is 10.4 Å². The molecule has 0 saturated heterocycles. The third kappa shape index (κ3) is 17.8. The summed E-state index contributed by atoms with van der Waals surface area (Å²) in [7, 11) is 0. The zero-order valence-electron chi connectivity index (χ0n) is 28.3. The summed E-state index contributed by atoms with van der Waals surface area (Å²) in [4.78, 5) is 66.3. The third-order valence-electron chi connectivity index (χ3n) is 5.94. The molecular weight excluding hydrogens is 596 g/mol. The maximum Gasteiger partial charge on any atom is 0.329 e. The number of nitrogens with one attached hydrogen (secondary N) is 3. The van der Waals surface area contributed by atoms with Crippen molar-refractivity contribution in [3.05, 3.63) is 45.8 Å². The molecule has 1 rings (SSSR count). The number of hydrogen-bond donors (Lipinski definition) is 3. The van der Waals surface area contributed by atoms with E-state index >= 15 is 0 Å². The Labute approximate surface area is 271 Å². The molecule has 0 aliphatic carbocycles. The Morgan fingerprint density at radius 1 is 0.848 bits per heavy atom. The van der Waals surface area contributed by atoms with Crippen LogP contribution >= 0.6 is 0 Å². The molecule has 1 aromatic rings. The summed E-state index contributed by atoms with van der Waals surface area (Å²) in [5.74, 6) is -2.10. The SMILES string of the molecule is CC(C)COC(=O)[C@H](CCCCNC(=O)c1ccc(CN=[N+]=[N-])cc1)NC(=O)N[C@@H](CCC(=O)OC(C)(C)C)C(=O)OC(C)(C)C. The van der Waals surface area contributed by atoms with E-state index in [-0.39, 0.29) is 44.2 Å². The van der Waals surface area contributed by atoms with Gasteiger partial charge in [-0.25, -0.2) is 14.4 Å². The smallest absolute Gasteiger partial charge is 0.329 e. The number of unbranched alkanes of at least 4 members (excludes halogenated alkanes) is 1. The van der Waals surface area contributed by atoms with E-state index in [1.165, 1.54) is 0 Å². The molecule has 3 amide bonds. The molecule has 0 bridgehead atoms. The van der Waals surface area contributed by atoms with Gasteiger partial charge < -0.3 is 30.2 Å². The molecular formula is C32H50N6O8.